The van der Waals surface area contributed by atoms with Gasteiger partial charge in [-0.1, -0.05) is 12.2 Å². The lowest BCUT2D eigenvalue weighted by atomic mass is 10.0. The number of methoxy groups -OCH3 is 1. The van der Waals surface area contributed by atoms with Crippen molar-refractivity contribution in [2.45, 2.75) is 31.7 Å². The molecule has 1 heterocycles. The molecule has 1 aliphatic heterocycles. The number of amides is 1. The van der Waals surface area contributed by atoms with Crippen molar-refractivity contribution in [1.29, 1.82) is 0 Å². The van der Waals surface area contributed by atoms with Gasteiger partial charge in [0.2, 0.25) is 0 Å². The van der Waals surface area contributed by atoms with E-state index in [1.165, 1.54) is 0 Å². The lowest BCUT2D eigenvalue weighted by molar-refractivity contribution is -0.128. The molecule has 0 radical (unpaired) electrons. The number of aliphatic hydroxyl groups excluding tert-OH is 1. The number of carbonyl (C=O) groups excluding carboxylic acids is 1. The van der Waals surface area contributed by atoms with Crippen LogP contribution in [0, 0.1) is 0 Å². The molecule has 2 rings (SSSR count). The van der Waals surface area contributed by atoms with Gasteiger partial charge in [-0.15, -0.1) is 0 Å². The van der Waals surface area contributed by atoms with E-state index in [0.717, 1.165) is 38.0 Å². The summed E-state index contributed by atoms with van der Waals surface area (Å²) in [6.07, 6.45) is 7.41. The summed E-state index contributed by atoms with van der Waals surface area (Å²) in [4.78, 5) is 14.1. The van der Waals surface area contributed by atoms with Crippen LogP contribution in [-0.2, 0) is 9.53 Å². The molecule has 1 saturated heterocycles. The van der Waals surface area contributed by atoms with Gasteiger partial charge in [0.1, 0.15) is 5.76 Å². The number of ether oxygens (including phenoxy) is 1. The number of hydrogen-bond acceptors (Lipinski definition) is 3. The minimum Gasteiger partial charge on any atom is -0.500 e. The van der Waals surface area contributed by atoms with Crippen molar-refractivity contribution in [3.8, 4) is 0 Å². The molecule has 0 aromatic heterocycles. The quantitative estimate of drug-likeness (QED) is 0.803. The van der Waals surface area contributed by atoms with E-state index in [1.807, 2.05) is 12.2 Å². The van der Waals surface area contributed by atoms with Crippen LogP contribution in [0.2, 0.25) is 0 Å². The summed E-state index contributed by atoms with van der Waals surface area (Å²) in [6.45, 7) is 0.781. The molecular weight excluding hydrogens is 218 g/mol. The molecule has 94 valence electrons. The first kappa shape index (κ1) is 12.2. The zero-order chi connectivity index (χ0) is 12.3. The Labute approximate surface area is 102 Å². The number of carbonyl (C=O) groups is 1. The lowest BCUT2D eigenvalue weighted by Gasteiger charge is -2.25. The van der Waals surface area contributed by atoms with Crippen molar-refractivity contribution in [2.24, 2.45) is 0 Å². The van der Waals surface area contributed by atoms with Crippen LogP contribution in [0.15, 0.2) is 23.5 Å². The van der Waals surface area contributed by atoms with Gasteiger partial charge in [0.15, 0.2) is 0 Å². The number of aliphatic hydroxyl groups is 1. The molecule has 1 amide bonds. The normalized spacial score (nSPS) is 24.4. The zero-order valence-electron chi connectivity index (χ0n) is 10.2. The van der Waals surface area contributed by atoms with Gasteiger partial charge in [0.05, 0.1) is 25.3 Å². The van der Waals surface area contributed by atoms with Crippen LogP contribution in [0.25, 0.3) is 0 Å². The van der Waals surface area contributed by atoms with Crippen LogP contribution in [0.5, 0.6) is 0 Å². The third-order valence-electron chi connectivity index (χ3n) is 3.45. The van der Waals surface area contributed by atoms with E-state index in [-0.39, 0.29) is 18.6 Å². The molecule has 1 atom stereocenters. The number of nitrogens with zero attached hydrogens (tertiary/aromatic N) is 1. The Balaban J connectivity index is 2.18. The molecule has 1 aliphatic carbocycles. The first-order valence-electron chi connectivity index (χ1n) is 6.13. The second kappa shape index (κ2) is 5.36. The predicted molar refractivity (Wildman–Crippen MR) is 64.2 cm³/mol. The summed E-state index contributed by atoms with van der Waals surface area (Å²) < 4.78 is 5.27. The Morgan fingerprint density at radius 2 is 2.47 bits per heavy atom. The number of allylic oxidation sites excluding steroid dienone is 2. The number of likely N-dealkylation sites (tertiary alicyclic amines) is 1. The SMILES string of the molecule is COC1=C(C(=O)N2CCC[C@@H]2CO)C=CCC1. The van der Waals surface area contributed by atoms with E-state index in [9.17, 15) is 9.90 Å². The van der Waals surface area contributed by atoms with Gasteiger partial charge in [-0.25, -0.2) is 0 Å². The third-order valence-corrected chi connectivity index (χ3v) is 3.45. The van der Waals surface area contributed by atoms with Crippen molar-refractivity contribution in [3.63, 3.8) is 0 Å². The van der Waals surface area contributed by atoms with Gasteiger partial charge in [0, 0.05) is 13.0 Å². The minimum absolute atomic E-state index is 0.00523. The van der Waals surface area contributed by atoms with Crippen LogP contribution in [0.4, 0.5) is 0 Å². The predicted octanol–water partition coefficient (Wildman–Crippen LogP) is 1.22. The molecule has 17 heavy (non-hydrogen) atoms. The maximum atomic E-state index is 12.4. The summed E-state index contributed by atoms with van der Waals surface area (Å²) in [7, 11) is 1.61. The maximum absolute atomic E-state index is 12.4. The highest BCUT2D eigenvalue weighted by Crippen LogP contribution is 2.25. The van der Waals surface area contributed by atoms with Crippen molar-refractivity contribution in [3.05, 3.63) is 23.5 Å². The van der Waals surface area contributed by atoms with E-state index >= 15 is 0 Å². The van der Waals surface area contributed by atoms with E-state index < -0.39 is 0 Å². The summed E-state index contributed by atoms with van der Waals surface area (Å²) in [5.41, 5.74) is 0.652. The van der Waals surface area contributed by atoms with E-state index in [1.54, 1.807) is 12.0 Å². The smallest absolute Gasteiger partial charge is 0.257 e. The van der Waals surface area contributed by atoms with Gasteiger partial charge in [-0.2, -0.15) is 0 Å². The summed E-state index contributed by atoms with van der Waals surface area (Å²) in [5.74, 6) is 0.760. The summed E-state index contributed by atoms with van der Waals surface area (Å²) >= 11 is 0. The summed E-state index contributed by atoms with van der Waals surface area (Å²) in [6, 6.07) is -0.0246. The first-order valence-corrected chi connectivity index (χ1v) is 6.13. The van der Waals surface area contributed by atoms with E-state index in [2.05, 4.69) is 0 Å². The Morgan fingerprint density at radius 1 is 1.65 bits per heavy atom. The molecule has 0 aromatic carbocycles. The molecule has 2 aliphatic rings. The second-order valence-corrected chi connectivity index (χ2v) is 4.46. The zero-order valence-corrected chi connectivity index (χ0v) is 10.2. The molecule has 0 unspecified atom stereocenters. The fraction of sp³-hybridized carbons (Fsp3) is 0.615. The Hall–Kier alpha value is -1.29. The van der Waals surface area contributed by atoms with Crippen molar-refractivity contribution in [1.82, 2.24) is 4.90 Å². The van der Waals surface area contributed by atoms with Crippen molar-refractivity contribution in [2.75, 3.05) is 20.3 Å². The lowest BCUT2D eigenvalue weighted by Crippen LogP contribution is -2.38. The van der Waals surface area contributed by atoms with E-state index in [0.29, 0.717) is 5.57 Å². The number of hydrogen-bond donors (Lipinski definition) is 1. The number of rotatable bonds is 3. The van der Waals surface area contributed by atoms with Crippen LogP contribution in [0.1, 0.15) is 25.7 Å². The Morgan fingerprint density at radius 3 is 3.18 bits per heavy atom. The van der Waals surface area contributed by atoms with E-state index in [4.69, 9.17) is 4.74 Å². The van der Waals surface area contributed by atoms with Gasteiger partial charge in [-0.3, -0.25) is 4.79 Å². The van der Waals surface area contributed by atoms with Crippen LogP contribution in [-0.4, -0.2) is 42.2 Å². The highest BCUT2D eigenvalue weighted by atomic mass is 16.5. The third kappa shape index (κ3) is 2.36. The standard InChI is InChI=1S/C13H19NO3/c1-17-12-7-3-2-6-11(12)13(16)14-8-4-5-10(14)9-15/h2,6,10,15H,3-5,7-9H2,1H3/t10-/m1/s1. The molecule has 0 saturated carbocycles. The molecule has 0 aromatic rings. The molecular formula is C13H19NO3. The molecule has 0 bridgehead atoms. The van der Waals surface area contributed by atoms with Gasteiger partial charge >= 0.3 is 0 Å². The van der Waals surface area contributed by atoms with Crippen molar-refractivity contribution >= 4 is 5.91 Å². The molecule has 0 spiro atoms. The Kier molecular flexibility index (Phi) is 3.84. The van der Waals surface area contributed by atoms with Gasteiger partial charge in [-0.05, 0) is 19.3 Å². The summed E-state index contributed by atoms with van der Waals surface area (Å²) in [5, 5.41) is 9.25. The highest BCUT2D eigenvalue weighted by molar-refractivity contribution is 5.97. The minimum atomic E-state index is -0.0246. The van der Waals surface area contributed by atoms with Gasteiger partial charge in [0.25, 0.3) is 5.91 Å². The molecule has 1 N–H and O–H groups in total. The fourth-order valence-corrected chi connectivity index (χ4v) is 2.49. The first-order chi connectivity index (χ1) is 8.27. The molecule has 1 fully saturated rings. The average molecular weight is 237 g/mol. The highest BCUT2D eigenvalue weighted by Gasteiger charge is 2.31. The average Bonchev–Trinajstić information content (AvgIpc) is 2.86. The monoisotopic (exact) mass is 237 g/mol. The Bertz CT molecular complexity index is 360. The maximum Gasteiger partial charge on any atom is 0.257 e. The topological polar surface area (TPSA) is 49.8 Å². The van der Waals surface area contributed by atoms with Crippen LogP contribution < -0.4 is 0 Å². The van der Waals surface area contributed by atoms with Crippen LogP contribution >= 0.6 is 0 Å². The van der Waals surface area contributed by atoms with Gasteiger partial charge < -0.3 is 14.7 Å². The van der Waals surface area contributed by atoms with Crippen LogP contribution in [0.3, 0.4) is 0 Å². The fourth-order valence-electron chi connectivity index (χ4n) is 2.49. The second-order valence-electron chi connectivity index (χ2n) is 4.46. The largest absolute Gasteiger partial charge is 0.500 e. The van der Waals surface area contributed by atoms with Crippen molar-refractivity contribution < 1.29 is 14.6 Å². The molecule has 4 heteroatoms. The molecule has 4 nitrogen and oxygen atoms in total.